The van der Waals surface area contributed by atoms with E-state index in [0.717, 1.165) is 15.7 Å². The van der Waals surface area contributed by atoms with E-state index < -0.39 is 29.8 Å². The van der Waals surface area contributed by atoms with E-state index in [2.05, 4.69) is 0 Å². The Hall–Kier alpha value is -5.24. The maximum absolute atomic E-state index is 13.0. The van der Waals surface area contributed by atoms with E-state index in [0.29, 0.717) is 5.75 Å². The van der Waals surface area contributed by atoms with Crippen LogP contribution in [0.3, 0.4) is 0 Å². The van der Waals surface area contributed by atoms with E-state index in [1.165, 1.54) is 36.6 Å². The first-order valence-electron chi connectivity index (χ1n) is 11.4. The second kappa shape index (κ2) is 8.76. The van der Waals surface area contributed by atoms with Crippen LogP contribution in [0.25, 0.3) is 21.7 Å². The van der Waals surface area contributed by atoms with E-state index >= 15 is 0 Å². The highest BCUT2D eigenvalue weighted by molar-refractivity contribution is 6.22. The molecule has 37 heavy (non-hydrogen) atoms. The topological polar surface area (TPSA) is 103 Å². The number of fused-ring (bicyclic) bond motifs is 3. The Morgan fingerprint density at radius 3 is 2.19 bits per heavy atom. The molecule has 0 unspecified atom stereocenters. The van der Waals surface area contributed by atoms with Gasteiger partial charge in [0.1, 0.15) is 29.9 Å². The van der Waals surface area contributed by atoms with Crippen LogP contribution >= 0.6 is 0 Å². The first-order chi connectivity index (χ1) is 18.0. The fourth-order valence-corrected chi connectivity index (χ4v) is 4.26. The van der Waals surface area contributed by atoms with Crippen LogP contribution in [0.15, 0.2) is 100 Å². The van der Waals surface area contributed by atoms with Crippen molar-refractivity contribution < 1.29 is 28.3 Å². The number of hydrogen-bond acceptors (Lipinski definition) is 7. The standard InChI is InChI=1S/C29H17NO7/c31-26(15-30-28(33)21-7-3-4-8-22(21)29(30)34)37-20-11-12-23-24(14-20)35-16-25(27(23)32)36-19-10-9-17-5-1-2-6-18(17)13-19/h1-14,16H,15H2. The smallest absolute Gasteiger partial charge is 0.331 e. The van der Waals surface area contributed by atoms with Gasteiger partial charge in [0.05, 0.1) is 16.5 Å². The lowest BCUT2D eigenvalue weighted by atomic mass is 10.1. The van der Waals surface area contributed by atoms with Crippen LogP contribution in [0.5, 0.6) is 17.2 Å². The van der Waals surface area contributed by atoms with E-state index in [1.807, 2.05) is 36.4 Å². The molecule has 0 saturated carbocycles. The van der Waals surface area contributed by atoms with Crippen molar-refractivity contribution in [3.05, 3.63) is 113 Å². The lowest BCUT2D eigenvalue weighted by Gasteiger charge is -2.13. The summed E-state index contributed by atoms with van der Waals surface area (Å²) in [6.45, 7) is -0.549. The average Bonchev–Trinajstić information content (AvgIpc) is 3.15. The Kier molecular flexibility index (Phi) is 5.27. The predicted octanol–water partition coefficient (Wildman–Crippen LogP) is 4.94. The summed E-state index contributed by atoms with van der Waals surface area (Å²) < 4.78 is 16.7. The Bertz CT molecular complexity index is 1770. The van der Waals surface area contributed by atoms with Gasteiger partial charge in [-0.25, -0.2) is 4.79 Å². The number of carbonyl (C=O) groups excluding carboxylic acids is 3. The number of amides is 2. The lowest BCUT2D eigenvalue weighted by Crippen LogP contribution is -2.36. The first kappa shape index (κ1) is 22.2. The molecule has 0 spiro atoms. The number of ether oxygens (including phenoxy) is 2. The van der Waals surface area contributed by atoms with Gasteiger partial charge in [-0.2, -0.15) is 0 Å². The number of imide groups is 1. The number of esters is 1. The zero-order valence-corrected chi connectivity index (χ0v) is 19.2. The number of nitrogens with zero attached hydrogens (tertiary/aromatic N) is 1. The molecule has 0 aliphatic carbocycles. The van der Waals surface area contributed by atoms with Crippen LogP contribution < -0.4 is 14.9 Å². The molecule has 0 radical (unpaired) electrons. The zero-order chi connectivity index (χ0) is 25.5. The number of carbonyl (C=O) groups is 3. The molecule has 1 aromatic heterocycles. The zero-order valence-electron chi connectivity index (χ0n) is 19.2. The van der Waals surface area contributed by atoms with Crippen molar-refractivity contribution in [2.75, 3.05) is 6.54 Å². The van der Waals surface area contributed by atoms with Crippen molar-refractivity contribution in [1.82, 2.24) is 4.90 Å². The summed E-state index contributed by atoms with van der Waals surface area (Å²) in [7, 11) is 0. The van der Waals surface area contributed by atoms with Gasteiger partial charge in [0.2, 0.25) is 11.2 Å². The molecule has 6 rings (SSSR count). The molecule has 4 aromatic carbocycles. The Morgan fingerprint density at radius 1 is 0.757 bits per heavy atom. The average molecular weight is 491 g/mol. The van der Waals surface area contributed by atoms with E-state index in [4.69, 9.17) is 13.9 Å². The van der Waals surface area contributed by atoms with Crippen molar-refractivity contribution in [3.8, 4) is 17.2 Å². The summed E-state index contributed by atoms with van der Waals surface area (Å²) in [5.41, 5.74) is 0.282. The molecular formula is C29H17NO7. The van der Waals surface area contributed by atoms with Crippen LogP contribution in [0, 0.1) is 0 Å². The van der Waals surface area contributed by atoms with Crippen LogP contribution in [0.4, 0.5) is 0 Å². The summed E-state index contributed by atoms with van der Waals surface area (Å²) >= 11 is 0. The molecule has 0 bridgehead atoms. The summed E-state index contributed by atoms with van der Waals surface area (Å²) in [6, 6.07) is 23.9. The molecular weight excluding hydrogens is 474 g/mol. The highest BCUT2D eigenvalue weighted by Gasteiger charge is 2.36. The number of rotatable bonds is 5. The third kappa shape index (κ3) is 4.00. The molecule has 8 nitrogen and oxygen atoms in total. The second-order valence-electron chi connectivity index (χ2n) is 8.41. The molecule has 0 atom stereocenters. The molecule has 2 amide bonds. The van der Waals surface area contributed by atoms with Crippen LogP contribution in [0.1, 0.15) is 20.7 Å². The molecule has 1 aliphatic heterocycles. The third-order valence-electron chi connectivity index (χ3n) is 6.06. The highest BCUT2D eigenvalue weighted by Crippen LogP contribution is 2.27. The quantitative estimate of drug-likeness (QED) is 0.195. The summed E-state index contributed by atoms with van der Waals surface area (Å²) in [6.07, 6.45) is 1.20. The predicted molar refractivity (Wildman–Crippen MR) is 134 cm³/mol. The molecule has 8 heteroatoms. The summed E-state index contributed by atoms with van der Waals surface area (Å²) in [5, 5.41) is 2.25. The SMILES string of the molecule is O=C(CN1C(=O)c2ccccc2C1=O)Oc1ccc2c(=O)c(Oc3ccc4ccccc4c3)coc2c1. The van der Waals surface area contributed by atoms with Gasteiger partial charge in [0.15, 0.2) is 0 Å². The van der Waals surface area contributed by atoms with Crippen LogP contribution in [0.2, 0.25) is 0 Å². The molecule has 0 saturated heterocycles. The molecule has 180 valence electrons. The monoisotopic (exact) mass is 491 g/mol. The van der Waals surface area contributed by atoms with E-state index in [-0.39, 0.29) is 33.6 Å². The van der Waals surface area contributed by atoms with Gasteiger partial charge in [-0.15, -0.1) is 0 Å². The third-order valence-corrected chi connectivity index (χ3v) is 6.06. The fraction of sp³-hybridized carbons (Fsp3) is 0.0345. The Labute approximate surface area is 209 Å². The van der Waals surface area contributed by atoms with Gasteiger partial charge in [-0.05, 0) is 47.2 Å². The highest BCUT2D eigenvalue weighted by atomic mass is 16.5. The van der Waals surface area contributed by atoms with Gasteiger partial charge in [-0.3, -0.25) is 19.3 Å². The first-order valence-corrected chi connectivity index (χ1v) is 11.4. The number of hydrogen-bond donors (Lipinski definition) is 0. The fourth-order valence-electron chi connectivity index (χ4n) is 4.26. The van der Waals surface area contributed by atoms with Crippen molar-refractivity contribution >= 4 is 39.5 Å². The van der Waals surface area contributed by atoms with Gasteiger partial charge in [0, 0.05) is 6.07 Å². The Morgan fingerprint density at radius 2 is 1.43 bits per heavy atom. The van der Waals surface area contributed by atoms with Crippen molar-refractivity contribution in [2.24, 2.45) is 0 Å². The maximum atomic E-state index is 13.0. The minimum Gasteiger partial charge on any atom is -0.460 e. The second-order valence-corrected chi connectivity index (χ2v) is 8.41. The number of benzene rings is 4. The van der Waals surface area contributed by atoms with E-state index in [1.54, 1.807) is 18.2 Å². The van der Waals surface area contributed by atoms with Gasteiger partial charge >= 0.3 is 5.97 Å². The molecule has 0 fully saturated rings. The van der Waals surface area contributed by atoms with E-state index in [9.17, 15) is 19.2 Å². The molecule has 1 aliphatic rings. The van der Waals surface area contributed by atoms with Crippen LogP contribution in [-0.2, 0) is 4.79 Å². The van der Waals surface area contributed by atoms with Crippen molar-refractivity contribution in [3.63, 3.8) is 0 Å². The molecule has 2 heterocycles. The maximum Gasteiger partial charge on any atom is 0.331 e. The summed E-state index contributed by atoms with van der Waals surface area (Å²) in [5.74, 6) is -1.32. The van der Waals surface area contributed by atoms with Gasteiger partial charge in [-0.1, -0.05) is 42.5 Å². The Balaban J connectivity index is 1.19. The normalized spacial score (nSPS) is 12.7. The van der Waals surface area contributed by atoms with Crippen molar-refractivity contribution in [2.45, 2.75) is 0 Å². The van der Waals surface area contributed by atoms with Crippen LogP contribution in [-0.4, -0.2) is 29.2 Å². The minimum absolute atomic E-state index is 0.0122. The molecule has 0 N–H and O–H groups in total. The van der Waals surface area contributed by atoms with Gasteiger partial charge < -0.3 is 13.9 Å². The largest absolute Gasteiger partial charge is 0.460 e. The molecule has 5 aromatic rings. The lowest BCUT2D eigenvalue weighted by molar-refractivity contribution is -0.134. The van der Waals surface area contributed by atoms with Gasteiger partial charge in [0.25, 0.3) is 11.8 Å². The minimum atomic E-state index is -0.813. The summed E-state index contributed by atoms with van der Waals surface area (Å²) in [4.78, 5) is 51.2. The van der Waals surface area contributed by atoms with Crippen molar-refractivity contribution in [1.29, 1.82) is 0 Å².